The fraction of sp³-hybridized carbons (Fsp3) is 0.214. The van der Waals surface area contributed by atoms with Crippen molar-refractivity contribution in [1.82, 2.24) is 4.98 Å². The zero-order chi connectivity index (χ0) is 11.5. The van der Waals surface area contributed by atoms with Crippen LogP contribution in [0.25, 0.3) is 0 Å². The van der Waals surface area contributed by atoms with Crippen LogP contribution in [0.1, 0.15) is 26.7 Å². The van der Waals surface area contributed by atoms with Gasteiger partial charge >= 0.3 is 0 Å². The molecule has 1 aromatic carbocycles. The van der Waals surface area contributed by atoms with Crippen LogP contribution in [0.3, 0.4) is 0 Å². The molecule has 0 N–H and O–H groups in total. The molecule has 0 fully saturated rings. The molecule has 0 atom stereocenters. The largest absolute Gasteiger partial charge is 0.233 e. The normalized spacial score (nSPS) is 9.69. The second-order valence-corrected chi connectivity index (χ2v) is 4.98. The van der Waals surface area contributed by atoms with Gasteiger partial charge < -0.3 is 0 Å². The Morgan fingerprint density at radius 1 is 1.00 bits per heavy atom. The first-order valence-corrected chi connectivity index (χ1v) is 5.99. The number of aryl methyl sites for hydroxylation is 3. The van der Waals surface area contributed by atoms with Crippen molar-refractivity contribution in [2.24, 2.45) is 0 Å². The van der Waals surface area contributed by atoms with E-state index in [-0.39, 0.29) is 0 Å². The number of thiazole rings is 1. The van der Waals surface area contributed by atoms with Crippen LogP contribution in [0.2, 0.25) is 0 Å². The van der Waals surface area contributed by atoms with Gasteiger partial charge in [-0.05, 0) is 38.8 Å². The van der Waals surface area contributed by atoms with E-state index in [1.165, 1.54) is 10.4 Å². The van der Waals surface area contributed by atoms with Crippen LogP contribution in [0.4, 0.5) is 0 Å². The summed E-state index contributed by atoms with van der Waals surface area (Å²) < 4.78 is 0. The maximum absolute atomic E-state index is 4.39. The Bertz CT molecular complexity index is 533. The summed E-state index contributed by atoms with van der Waals surface area (Å²) >= 11 is 1.65. The molecule has 2 rings (SSSR count). The molecule has 0 aliphatic heterocycles. The molecular weight excluding hydrogens is 214 g/mol. The molecule has 0 amide bonds. The fourth-order valence-corrected chi connectivity index (χ4v) is 2.06. The highest BCUT2D eigenvalue weighted by molar-refractivity contribution is 7.12. The van der Waals surface area contributed by atoms with Gasteiger partial charge in [0.25, 0.3) is 0 Å². The molecule has 1 nitrogen and oxygen atoms in total. The Kier molecular flexibility index (Phi) is 3.07. The summed E-state index contributed by atoms with van der Waals surface area (Å²) in [6, 6.07) is 8.22. The highest BCUT2D eigenvalue weighted by atomic mass is 32.1. The van der Waals surface area contributed by atoms with Crippen molar-refractivity contribution in [3.05, 3.63) is 51.0 Å². The molecule has 0 saturated carbocycles. The maximum atomic E-state index is 4.39. The standard InChI is InChI=1S/C14H13NS/c1-10-4-6-13(7-5-10)8-9-14-15-11(2)12(3)16-14/h4-7H,1-3H3. The fourth-order valence-electron chi connectivity index (χ4n) is 1.29. The minimum Gasteiger partial charge on any atom is -0.233 e. The Balaban J connectivity index is 2.24. The molecule has 0 aliphatic rings. The van der Waals surface area contributed by atoms with Gasteiger partial charge in [0.1, 0.15) is 0 Å². The third-order valence-electron chi connectivity index (χ3n) is 2.39. The van der Waals surface area contributed by atoms with E-state index in [4.69, 9.17) is 0 Å². The first kappa shape index (κ1) is 10.9. The van der Waals surface area contributed by atoms with E-state index in [9.17, 15) is 0 Å². The van der Waals surface area contributed by atoms with Crippen LogP contribution >= 0.6 is 11.3 Å². The molecule has 16 heavy (non-hydrogen) atoms. The lowest BCUT2D eigenvalue weighted by molar-refractivity contribution is 1.22. The first-order valence-electron chi connectivity index (χ1n) is 5.18. The van der Waals surface area contributed by atoms with Crippen LogP contribution in [0.15, 0.2) is 24.3 Å². The smallest absolute Gasteiger partial charge is 0.167 e. The molecule has 0 saturated heterocycles. The number of rotatable bonds is 0. The van der Waals surface area contributed by atoms with Gasteiger partial charge in [-0.15, -0.1) is 11.3 Å². The Morgan fingerprint density at radius 2 is 1.69 bits per heavy atom. The number of hydrogen-bond acceptors (Lipinski definition) is 2. The zero-order valence-corrected chi connectivity index (χ0v) is 10.5. The molecule has 0 spiro atoms. The summed E-state index contributed by atoms with van der Waals surface area (Å²) in [4.78, 5) is 5.63. The second kappa shape index (κ2) is 4.51. The van der Waals surface area contributed by atoms with Gasteiger partial charge in [0.15, 0.2) is 5.01 Å². The second-order valence-electron chi connectivity index (χ2n) is 3.78. The third kappa shape index (κ3) is 2.50. The van der Waals surface area contributed by atoms with Gasteiger partial charge in [-0.2, -0.15) is 0 Å². The molecule has 1 heterocycles. The van der Waals surface area contributed by atoms with E-state index in [1.807, 2.05) is 19.1 Å². The quantitative estimate of drug-likeness (QED) is 0.628. The molecule has 0 bridgehead atoms. The topological polar surface area (TPSA) is 12.9 Å². The number of nitrogens with zero attached hydrogens (tertiary/aromatic N) is 1. The van der Waals surface area contributed by atoms with Gasteiger partial charge in [-0.25, -0.2) is 4.98 Å². The number of benzene rings is 1. The summed E-state index contributed by atoms with van der Waals surface area (Å²) in [7, 11) is 0. The van der Waals surface area contributed by atoms with Crippen molar-refractivity contribution in [3.63, 3.8) is 0 Å². The predicted octanol–water partition coefficient (Wildman–Crippen LogP) is 3.47. The summed E-state index contributed by atoms with van der Waals surface area (Å²) in [6.45, 7) is 6.16. The lowest BCUT2D eigenvalue weighted by Gasteiger charge is -1.90. The monoisotopic (exact) mass is 227 g/mol. The average molecular weight is 227 g/mol. The van der Waals surface area contributed by atoms with E-state index in [1.54, 1.807) is 11.3 Å². The maximum Gasteiger partial charge on any atom is 0.167 e. The van der Waals surface area contributed by atoms with Crippen LogP contribution in [0.5, 0.6) is 0 Å². The van der Waals surface area contributed by atoms with E-state index < -0.39 is 0 Å². The van der Waals surface area contributed by atoms with E-state index in [2.05, 4.69) is 42.8 Å². The van der Waals surface area contributed by atoms with Crippen molar-refractivity contribution in [1.29, 1.82) is 0 Å². The minimum atomic E-state index is 0.899. The van der Waals surface area contributed by atoms with Crippen molar-refractivity contribution in [2.45, 2.75) is 20.8 Å². The van der Waals surface area contributed by atoms with Gasteiger partial charge in [0.05, 0.1) is 5.69 Å². The molecule has 0 unspecified atom stereocenters. The van der Waals surface area contributed by atoms with Crippen LogP contribution in [0, 0.1) is 32.6 Å². The number of aromatic nitrogens is 1. The van der Waals surface area contributed by atoms with Gasteiger partial charge in [0.2, 0.25) is 0 Å². The van der Waals surface area contributed by atoms with Gasteiger partial charge in [-0.1, -0.05) is 23.6 Å². The third-order valence-corrected chi connectivity index (χ3v) is 3.38. The average Bonchev–Trinajstić information content (AvgIpc) is 2.58. The summed E-state index contributed by atoms with van der Waals surface area (Å²) in [5, 5.41) is 0.899. The van der Waals surface area contributed by atoms with E-state index in [0.717, 1.165) is 16.3 Å². The van der Waals surface area contributed by atoms with E-state index in [0.29, 0.717) is 0 Å². The SMILES string of the molecule is Cc1ccc(C#Cc2nc(C)c(C)s2)cc1. The first-order chi connectivity index (χ1) is 7.65. The lowest BCUT2D eigenvalue weighted by Crippen LogP contribution is -1.77. The molecule has 2 heteroatoms. The highest BCUT2D eigenvalue weighted by Crippen LogP contribution is 2.15. The summed E-state index contributed by atoms with van der Waals surface area (Å²) in [5.41, 5.74) is 3.38. The van der Waals surface area contributed by atoms with Crippen molar-refractivity contribution < 1.29 is 0 Å². The Morgan fingerprint density at radius 3 is 2.25 bits per heavy atom. The van der Waals surface area contributed by atoms with Crippen LogP contribution < -0.4 is 0 Å². The Hall–Kier alpha value is -1.59. The van der Waals surface area contributed by atoms with Crippen molar-refractivity contribution >= 4 is 11.3 Å². The predicted molar refractivity (Wildman–Crippen MR) is 68.7 cm³/mol. The molecule has 0 aliphatic carbocycles. The molecule has 0 radical (unpaired) electrons. The Labute approximate surface area is 100 Å². The lowest BCUT2D eigenvalue weighted by atomic mass is 10.2. The van der Waals surface area contributed by atoms with Crippen molar-refractivity contribution in [3.8, 4) is 11.8 Å². The molecule has 1 aromatic heterocycles. The zero-order valence-electron chi connectivity index (χ0n) is 9.66. The van der Waals surface area contributed by atoms with Crippen LogP contribution in [-0.2, 0) is 0 Å². The molecule has 80 valence electrons. The van der Waals surface area contributed by atoms with Crippen LogP contribution in [-0.4, -0.2) is 4.98 Å². The molecule has 2 aromatic rings. The molecular formula is C14H13NS. The summed E-state index contributed by atoms with van der Waals surface area (Å²) in [6.07, 6.45) is 0. The van der Waals surface area contributed by atoms with Gasteiger partial charge in [-0.3, -0.25) is 0 Å². The minimum absolute atomic E-state index is 0.899. The number of hydrogen-bond donors (Lipinski definition) is 0. The van der Waals surface area contributed by atoms with Gasteiger partial charge in [0, 0.05) is 10.4 Å². The van der Waals surface area contributed by atoms with Crippen molar-refractivity contribution in [2.75, 3.05) is 0 Å². The highest BCUT2D eigenvalue weighted by Gasteiger charge is 1.99. The van der Waals surface area contributed by atoms with E-state index >= 15 is 0 Å². The summed E-state index contributed by atoms with van der Waals surface area (Å²) in [5.74, 6) is 6.23.